The van der Waals surface area contributed by atoms with Gasteiger partial charge in [0.25, 0.3) is 0 Å². The average Bonchev–Trinajstić information content (AvgIpc) is 2.79. The molecule has 1 aliphatic heterocycles. The zero-order valence-electron chi connectivity index (χ0n) is 12.5. The van der Waals surface area contributed by atoms with Crippen LogP contribution in [0.25, 0.3) is 0 Å². The first-order valence-electron chi connectivity index (χ1n) is 7.65. The van der Waals surface area contributed by atoms with Crippen molar-refractivity contribution >= 4 is 0 Å². The topological polar surface area (TPSA) is 24.5 Å². The van der Waals surface area contributed by atoms with E-state index < -0.39 is 0 Å². The molecule has 0 radical (unpaired) electrons. The fourth-order valence-corrected chi connectivity index (χ4v) is 3.63. The molecule has 3 heteroatoms. The summed E-state index contributed by atoms with van der Waals surface area (Å²) < 4.78 is 5.84. The Hall–Kier alpha value is -0.120. The van der Waals surface area contributed by atoms with E-state index in [2.05, 4.69) is 37.9 Å². The fraction of sp³-hybridized carbons (Fsp3) is 1.00. The molecule has 1 N–H and O–H groups in total. The van der Waals surface area contributed by atoms with Crippen LogP contribution in [0.2, 0.25) is 0 Å². The Kier molecular flexibility index (Phi) is 4.68. The lowest BCUT2D eigenvalue weighted by Gasteiger charge is -2.55. The van der Waals surface area contributed by atoms with Crippen LogP contribution in [-0.2, 0) is 4.74 Å². The van der Waals surface area contributed by atoms with E-state index in [4.69, 9.17) is 4.74 Å². The van der Waals surface area contributed by atoms with Gasteiger partial charge in [-0.25, -0.2) is 0 Å². The molecule has 2 fully saturated rings. The Morgan fingerprint density at radius 2 is 2.11 bits per heavy atom. The van der Waals surface area contributed by atoms with Crippen molar-refractivity contribution in [2.45, 2.75) is 52.7 Å². The lowest BCUT2D eigenvalue weighted by molar-refractivity contribution is -0.146. The molecule has 106 valence electrons. The van der Waals surface area contributed by atoms with Crippen LogP contribution in [0.15, 0.2) is 0 Å². The van der Waals surface area contributed by atoms with E-state index in [-0.39, 0.29) is 0 Å². The maximum absolute atomic E-state index is 5.84. The minimum absolute atomic E-state index is 0.336. The van der Waals surface area contributed by atoms with Crippen LogP contribution in [0, 0.1) is 11.3 Å². The summed E-state index contributed by atoms with van der Waals surface area (Å²) in [5, 5.41) is 3.48. The predicted molar refractivity (Wildman–Crippen MR) is 75.8 cm³/mol. The van der Waals surface area contributed by atoms with Crippen LogP contribution in [-0.4, -0.2) is 49.8 Å². The van der Waals surface area contributed by atoms with Gasteiger partial charge >= 0.3 is 0 Å². The Morgan fingerprint density at radius 3 is 2.72 bits per heavy atom. The van der Waals surface area contributed by atoms with Gasteiger partial charge in [0.15, 0.2) is 0 Å². The van der Waals surface area contributed by atoms with Crippen LogP contribution < -0.4 is 5.32 Å². The highest BCUT2D eigenvalue weighted by atomic mass is 16.5. The van der Waals surface area contributed by atoms with Crippen molar-refractivity contribution in [3.63, 3.8) is 0 Å². The molecule has 0 aromatic heterocycles. The van der Waals surface area contributed by atoms with Crippen molar-refractivity contribution in [2.75, 3.05) is 32.8 Å². The van der Waals surface area contributed by atoms with Gasteiger partial charge in [-0.15, -0.1) is 0 Å². The maximum atomic E-state index is 5.84. The predicted octanol–water partition coefficient (Wildman–Crippen LogP) is 2.12. The maximum Gasteiger partial charge on any atom is 0.0655 e. The molecule has 1 aliphatic carbocycles. The van der Waals surface area contributed by atoms with E-state index in [1.807, 2.05) is 0 Å². The average molecular weight is 254 g/mol. The number of nitrogens with one attached hydrogen (secondary N) is 1. The molecule has 0 bridgehead atoms. The van der Waals surface area contributed by atoms with Crippen LogP contribution in [0.3, 0.4) is 0 Å². The molecule has 2 rings (SSSR count). The Balaban J connectivity index is 1.80. The molecule has 0 aromatic rings. The van der Waals surface area contributed by atoms with Crippen LogP contribution in [0.4, 0.5) is 0 Å². The molecule has 1 saturated heterocycles. The van der Waals surface area contributed by atoms with Gasteiger partial charge in [0.2, 0.25) is 0 Å². The lowest BCUT2D eigenvalue weighted by Crippen LogP contribution is -2.61. The molecule has 1 saturated carbocycles. The van der Waals surface area contributed by atoms with Crippen molar-refractivity contribution in [1.82, 2.24) is 10.2 Å². The van der Waals surface area contributed by atoms with Crippen molar-refractivity contribution < 1.29 is 4.74 Å². The fourth-order valence-electron chi connectivity index (χ4n) is 3.63. The number of hydrogen-bond donors (Lipinski definition) is 1. The highest BCUT2D eigenvalue weighted by Gasteiger charge is 2.52. The Morgan fingerprint density at radius 1 is 1.33 bits per heavy atom. The zero-order chi connectivity index (χ0) is 13.2. The monoisotopic (exact) mass is 254 g/mol. The smallest absolute Gasteiger partial charge is 0.0655 e. The summed E-state index contributed by atoms with van der Waals surface area (Å²) in [6.45, 7) is 14.7. The first-order chi connectivity index (χ1) is 8.59. The van der Waals surface area contributed by atoms with Gasteiger partial charge in [-0.05, 0) is 45.3 Å². The number of ether oxygens (including phenoxy) is 1. The summed E-state index contributed by atoms with van der Waals surface area (Å²) in [7, 11) is 0. The summed E-state index contributed by atoms with van der Waals surface area (Å²) in [4.78, 5) is 2.71. The van der Waals surface area contributed by atoms with Crippen LogP contribution in [0.5, 0.6) is 0 Å². The molecule has 3 nitrogen and oxygen atoms in total. The summed E-state index contributed by atoms with van der Waals surface area (Å²) in [6.07, 6.45) is 3.06. The van der Waals surface area contributed by atoms with E-state index in [9.17, 15) is 0 Å². The third-order valence-corrected chi connectivity index (χ3v) is 4.93. The number of hydrogen-bond acceptors (Lipinski definition) is 3. The van der Waals surface area contributed by atoms with E-state index in [1.165, 1.54) is 32.5 Å². The first-order valence-corrected chi connectivity index (χ1v) is 7.65. The third kappa shape index (κ3) is 2.73. The zero-order valence-corrected chi connectivity index (χ0v) is 12.5. The van der Waals surface area contributed by atoms with Crippen LogP contribution >= 0.6 is 0 Å². The number of likely N-dealkylation sites (tertiary alicyclic amines) is 1. The Labute approximate surface area is 112 Å². The van der Waals surface area contributed by atoms with E-state index in [1.54, 1.807) is 0 Å². The third-order valence-electron chi connectivity index (χ3n) is 4.93. The quantitative estimate of drug-likeness (QED) is 0.786. The normalized spacial score (nSPS) is 35.7. The van der Waals surface area contributed by atoms with E-state index in [0.717, 1.165) is 25.1 Å². The Bertz CT molecular complexity index is 267. The van der Waals surface area contributed by atoms with Gasteiger partial charge in [0.05, 0.1) is 6.10 Å². The summed E-state index contributed by atoms with van der Waals surface area (Å²) in [5.41, 5.74) is 0.336. The van der Waals surface area contributed by atoms with Gasteiger partial charge in [0, 0.05) is 24.6 Å². The van der Waals surface area contributed by atoms with Crippen molar-refractivity contribution in [2.24, 2.45) is 11.3 Å². The molecule has 3 atom stereocenters. The number of nitrogens with zero attached hydrogens (tertiary/aromatic N) is 1. The molecule has 2 aliphatic rings. The molecule has 0 spiro atoms. The second-order valence-corrected chi connectivity index (χ2v) is 6.47. The molecule has 0 amide bonds. The molecule has 3 unspecified atom stereocenters. The summed E-state index contributed by atoms with van der Waals surface area (Å²) in [5.74, 6) is 0.854. The highest BCUT2D eigenvalue weighted by Crippen LogP contribution is 2.47. The molecular formula is C15H30N2O. The van der Waals surface area contributed by atoms with Gasteiger partial charge in [-0.3, -0.25) is 4.90 Å². The SMILES string of the molecule is CCNCC1CCN(C2CC(OCC)C2(C)C)C1. The summed E-state index contributed by atoms with van der Waals surface area (Å²) in [6, 6.07) is 0.737. The number of rotatable bonds is 6. The molecule has 1 heterocycles. The molecule has 18 heavy (non-hydrogen) atoms. The molecule has 0 aromatic carbocycles. The standard InChI is InChI=1S/C15H30N2O/c1-5-16-10-12-7-8-17(11-12)13-9-14(18-6-2)15(13,3)4/h12-14,16H,5-11H2,1-4H3. The van der Waals surface area contributed by atoms with E-state index >= 15 is 0 Å². The second-order valence-electron chi connectivity index (χ2n) is 6.47. The van der Waals surface area contributed by atoms with Gasteiger partial charge in [0.1, 0.15) is 0 Å². The first kappa shape index (κ1) is 14.3. The van der Waals surface area contributed by atoms with Crippen molar-refractivity contribution in [1.29, 1.82) is 0 Å². The minimum atomic E-state index is 0.336. The van der Waals surface area contributed by atoms with Crippen LogP contribution in [0.1, 0.15) is 40.5 Å². The van der Waals surface area contributed by atoms with Gasteiger partial charge < -0.3 is 10.1 Å². The van der Waals surface area contributed by atoms with Gasteiger partial charge in [-0.2, -0.15) is 0 Å². The largest absolute Gasteiger partial charge is 0.378 e. The van der Waals surface area contributed by atoms with Gasteiger partial charge in [-0.1, -0.05) is 20.8 Å². The molecular weight excluding hydrogens is 224 g/mol. The highest BCUT2D eigenvalue weighted by molar-refractivity contribution is 5.05. The second kappa shape index (κ2) is 5.89. The minimum Gasteiger partial charge on any atom is -0.378 e. The summed E-state index contributed by atoms with van der Waals surface area (Å²) >= 11 is 0. The lowest BCUT2D eigenvalue weighted by atomic mass is 9.64. The van der Waals surface area contributed by atoms with E-state index in [0.29, 0.717) is 11.5 Å². The van der Waals surface area contributed by atoms with Crippen molar-refractivity contribution in [3.05, 3.63) is 0 Å². The van der Waals surface area contributed by atoms with Crippen molar-refractivity contribution in [3.8, 4) is 0 Å².